The molecule has 0 unspecified atom stereocenters. The Balaban J connectivity index is 0.603. The van der Waals surface area contributed by atoms with Crippen LogP contribution < -0.4 is 0 Å². The first kappa shape index (κ1) is 61.6. The van der Waals surface area contributed by atoms with Crippen LogP contribution in [0.3, 0.4) is 0 Å². The van der Waals surface area contributed by atoms with Gasteiger partial charge in [-0.3, -0.25) is 0 Å². The zero-order valence-electron chi connectivity index (χ0n) is 55.6. The molecule has 0 N–H and O–H groups in total. The van der Waals surface area contributed by atoms with Crippen molar-refractivity contribution in [1.29, 1.82) is 0 Å². The fraction of sp³-hybridized carbons (Fsp3) is 0. The molecule has 6 heterocycles. The van der Waals surface area contributed by atoms with Crippen molar-refractivity contribution in [1.82, 2.24) is 49.8 Å². The molecule has 0 aliphatic carbocycles. The van der Waals surface area contributed by atoms with Gasteiger partial charge in [0.05, 0.1) is 22.8 Å². The third-order valence-corrected chi connectivity index (χ3v) is 21.3. The highest BCUT2D eigenvalue weighted by Gasteiger charge is 2.22. The highest BCUT2D eigenvalue weighted by atomic mass is 32.1. The first-order valence-corrected chi connectivity index (χ1v) is 36.0. The van der Waals surface area contributed by atoms with Crippen molar-refractivity contribution in [2.45, 2.75) is 0 Å². The Hall–Kier alpha value is -13.5. The number of benzene rings is 13. The van der Waals surface area contributed by atoms with Crippen molar-refractivity contribution in [3.63, 3.8) is 0 Å². The molecule has 6 aromatic heterocycles. The van der Waals surface area contributed by atoms with Gasteiger partial charge in [-0.15, -0.1) is 22.7 Å². The maximum atomic E-state index is 5.37. The normalized spacial score (nSPS) is 11.5. The first-order valence-electron chi connectivity index (χ1n) is 34.3. The van der Waals surface area contributed by atoms with Crippen LogP contribution in [0.25, 0.3) is 199 Å². The maximum absolute atomic E-state index is 5.37. The molecular weight excluding hydrogens is 1310 g/mol. The number of fused-ring (bicyclic) bond motifs is 6. The monoisotopic (exact) mass is 1360 g/mol. The summed E-state index contributed by atoms with van der Waals surface area (Å²) >= 11 is 3.51. The van der Waals surface area contributed by atoms with Gasteiger partial charge in [0.1, 0.15) is 0 Å². The number of thiophene rings is 2. The van der Waals surface area contributed by atoms with Gasteiger partial charge < -0.3 is 0 Å². The van der Waals surface area contributed by atoms with Gasteiger partial charge in [-0.2, -0.15) is 0 Å². The Kier molecular flexibility index (Phi) is 15.7. The first-order chi connectivity index (χ1) is 51.5. The van der Waals surface area contributed by atoms with E-state index in [1.807, 2.05) is 133 Å². The van der Waals surface area contributed by atoms with Gasteiger partial charge in [-0.05, 0) is 76.9 Å². The van der Waals surface area contributed by atoms with Crippen LogP contribution in [0.2, 0.25) is 0 Å². The van der Waals surface area contributed by atoms with E-state index < -0.39 is 0 Å². The number of aromatic nitrogens is 10. The fourth-order valence-corrected chi connectivity index (χ4v) is 16.0. The van der Waals surface area contributed by atoms with E-state index >= 15 is 0 Å². The summed E-state index contributed by atoms with van der Waals surface area (Å²) in [4.78, 5) is 51.5. The molecule has 0 fully saturated rings. The van der Waals surface area contributed by atoms with Gasteiger partial charge in [-0.25, -0.2) is 49.8 Å². The van der Waals surface area contributed by atoms with Crippen molar-refractivity contribution < 1.29 is 0 Å². The quantitative estimate of drug-likeness (QED) is 0.104. The molecule has 0 amide bonds. The van der Waals surface area contributed by atoms with Gasteiger partial charge in [-0.1, -0.05) is 285 Å². The third kappa shape index (κ3) is 11.9. The molecule has 104 heavy (non-hydrogen) atoms. The molecule has 19 aromatic rings. The summed E-state index contributed by atoms with van der Waals surface area (Å²) in [5.74, 6) is 5.00. The van der Waals surface area contributed by atoms with E-state index in [9.17, 15) is 0 Å². The Morgan fingerprint density at radius 3 is 0.798 bits per heavy atom. The number of rotatable bonds is 14. The maximum Gasteiger partial charge on any atom is 0.164 e. The molecule has 0 radical (unpaired) electrons. The smallest absolute Gasteiger partial charge is 0.164 e. The Labute approximate surface area is 606 Å². The van der Waals surface area contributed by atoms with E-state index in [4.69, 9.17) is 49.8 Å². The third-order valence-electron chi connectivity index (χ3n) is 18.9. The lowest BCUT2D eigenvalue weighted by atomic mass is 9.98. The highest BCUT2D eigenvalue weighted by Crippen LogP contribution is 2.45. The van der Waals surface area contributed by atoms with Gasteiger partial charge in [0.25, 0.3) is 0 Å². The van der Waals surface area contributed by atoms with Crippen molar-refractivity contribution in [2.24, 2.45) is 0 Å². The number of hydrogen-bond donors (Lipinski definition) is 0. The minimum atomic E-state index is 0.593. The van der Waals surface area contributed by atoms with E-state index in [2.05, 4.69) is 206 Å². The van der Waals surface area contributed by atoms with Gasteiger partial charge >= 0.3 is 0 Å². The number of hydrogen-bond acceptors (Lipinski definition) is 12. The summed E-state index contributed by atoms with van der Waals surface area (Å²) in [6, 6.07) is 117. The zero-order valence-corrected chi connectivity index (χ0v) is 57.3. The molecule has 486 valence electrons. The Bertz CT molecular complexity index is 6310. The molecule has 0 saturated heterocycles. The molecule has 0 saturated carbocycles. The van der Waals surface area contributed by atoms with Crippen LogP contribution in [0.4, 0.5) is 0 Å². The van der Waals surface area contributed by atoms with Crippen LogP contribution >= 0.6 is 22.7 Å². The summed E-state index contributed by atoms with van der Waals surface area (Å²) in [7, 11) is 0. The molecule has 0 bridgehead atoms. The summed E-state index contributed by atoms with van der Waals surface area (Å²) in [5, 5.41) is 4.49. The van der Waals surface area contributed by atoms with Crippen LogP contribution in [0.1, 0.15) is 0 Å². The second-order valence-electron chi connectivity index (χ2n) is 25.5. The van der Waals surface area contributed by atoms with E-state index in [0.29, 0.717) is 46.6 Å². The molecule has 0 aliphatic heterocycles. The van der Waals surface area contributed by atoms with Crippen LogP contribution in [-0.4, -0.2) is 49.8 Å². The van der Waals surface area contributed by atoms with E-state index in [0.717, 1.165) is 152 Å². The lowest BCUT2D eigenvalue weighted by molar-refractivity contribution is 1.07. The average molecular weight is 1370 g/mol. The summed E-state index contributed by atoms with van der Waals surface area (Å²) in [6.07, 6.45) is 0. The average Bonchev–Trinajstić information content (AvgIpc) is 1.59. The zero-order chi connectivity index (χ0) is 68.9. The summed E-state index contributed by atoms with van der Waals surface area (Å²) in [5.41, 5.74) is 19.3. The predicted molar refractivity (Wildman–Crippen MR) is 426 cm³/mol. The molecule has 0 atom stereocenters. The van der Waals surface area contributed by atoms with Crippen LogP contribution in [0.5, 0.6) is 0 Å². The Morgan fingerprint density at radius 2 is 0.413 bits per heavy atom. The van der Waals surface area contributed by atoms with Crippen LogP contribution in [0, 0.1) is 0 Å². The Morgan fingerprint density at radius 1 is 0.154 bits per heavy atom. The van der Waals surface area contributed by atoms with Gasteiger partial charge in [0.2, 0.25) is 0 Å². The second-order valence-corrected chi connectivity index (χ2v) is 27.6. The van der Waals surface area contributed by atoms with Crippen molar-refractivity contribution in [3.8, 4) is 158 Å². The highest BCUT2D eigenvalue weighted by molar-refractivity contribution is 7.26. The lowest BCUT2D eigenvalue weighted by Gasteiger charge is -2.11. The van der Waals surface area contributed by atoms with E-state index in [1.54, 1.807) is 22.7 Å². The predicted octanol–water partition coefficient (Wildman–Crippen LogP) is 23.7. The van der Waals surface area contributed by atoms with E-state index in [1.165, 1.54) is 0 Å². The van der Waals surface area contributed by atoms with Crippen molar-refractivity contribution >= 4 is 63.0 Å². The van der Waals surface area contributed by atoms with Crippen LogP contribution in [-0.2, 0) is 0 Å². The van der Waals surface area contributed by atoms with Gasteiger partial charge in [0, 0.05) is 107 Å². The molecule has 12 heteroatoms. The summed E-state index contributed by atoms with van der Waals surface area (Å²) < 4.78 is 4.56. The van der Waals surface area contributed by atoms with Crippen LogP contribution in [0.15, 0.2) is 340 Å². The fourth-order valence-electron chi connectivity index (χ4n) is 13.6. The molecule has 13 aromatic carbocycles. The molecule has 10 nitrogen and oxygen atoms in total. The molecule has 0 aliphatic rings. The lowest BCUT2D eigenvalue weighted by Crippen LogP contribution is -2.00. The minimum Gasteiger partial charge on any atom is -0.228 e. The summed E-state index contributed by atoms with van der Waals surface area (Å²) in [6.45, 7) is 0. The number of nitrogens with zero attached hydrogens (tertiary/aromatic N) is 10. The standard InChI is InChI=1S/C92H56N10S2/c1-7-21-61(22-8-1)77-55-78(95-92(94-77)74-36-20-34-72-76-54-70(50-52-82(76)104-84(72)74)90-99-86(65-27-13-4-14-28-65)97-87(100-90)66-29-15-5-16-30-66)63-45-41-59(42-46-63)57-37-39-58(40-38-57)60-43-47-68(48-44-60)89-98-88(67-31-17-6-18-32-67)101-91(102-89)69-49-51-81-75(53-69)71-33-19-35-73(83(71)103-81)80-56-79(62-23-9-2-10-24-62)93-85(96-80)64-25-11-3-12-26-64/h1-56H. The molecular formula is C92H56N10S2. The molecule has 19 rings (SSSR count). The van der Waals surface area contributed by atoms with Crippen molar-refractivity contribution in [2.75, 3.05) is 0 Å². The molecule has 0 spiro atoms. The van der Waals surface area contributed by atoms with Crippen molar-refractivity contribution in [3.05, 3.63) is 340 Å². The SMILES string of the molecule is c1ccc(-c2cc(-c3cccc4c3sc3ccc(-c5nc(-c6ccccc6)nc(-c6ccc(-c7ccc(-c8ccc(-c9cc(-c%10ccccc%10)nc(-c%10cccc%11c%10sc%10ccc(-c%12nc(-c%13ccccc%13)nc(-c%13ccccc%13)n%12)cc%10%11)n9)cc8)cc7)cc6)n5)cc34)nc(-c3ccccc3)n2)cc1. The topological polar surface area (TPSA) is 129 Å². The van der Waals surface area contributed by atoms with E-state index in [-0.39, 0.29) is 0 Å². The second kappa shape index (κ2) is 26.5. The minimum absolute atomic E-state index is 0.593. The van der Waals surface area contributed by atoms with Gasteiger partial charge in [0.15, 0.2) is 46.6 Å². The largest absolute Gasteiger partial charge is 0.228 e.